The first-order chi connectivity index (χ1) is 11.6. The van der Waals surface area contributed by atoms with Gasteiger partial charge in [-0.05, 0) is 26.0 Å². The van der Waals surface area contributed by atoms with Gasteiger partial charge in [-0.15, -0.1) is 0 Å². The zero-order chi connectivity index (χ0) is 17.1. The number of ether oxygens (including phenoxy) is 1. The SMILES string of the molecule is COC(=O)C[C@H]1CC[C@@H](CNC(=O)c2cnn3cccnc23)N1C. The Morgan fingerprint density at radius 3 is 2.96 bits per heavy atom. The lowest BCUT2D eigenvalue weighted by Crippen LogP contribution is -2.41. The number of nitrogens with one attached hydrogen (secondary N) is 1. The Kier molecular flexibility index (Phi) is 4.75. The van der Waals surface area contributed by atoms with Gasteiger partial charge in [0.05, 0.1) is 19.7 Å². The van der Waals surface area contributed by atoms with E-state index in [0.717, 1.165) is 12.8 Å². The van der Waals surface area contributed by atoms with Gasteiger partial charge in [0.2, 0.25) is 0 Å². The molecule has 2 aromatic rings. The Balaban J connectivity index is 1.58. The Morgan fingerprint density at radius 1 is 1.38 bits per heavy atom. The van der Waals surface area contributed by atoms with Gasteiger partial charge in [0.25, 0.3) is 5.91 Å². The number of carbonyl (C=O) groups excluding carboxylic acids is 2. The molecule has 0 unspecified atom stereocenters. The van der Waals surface area contributed by atoms with Gasteiger partial charge in [0.15, 0.2) is 5.65 Å². The van der Waals surface area contributed by atoms with Crippen LogP contribution in [0.2, 0.25) is 0 Å². The summed E-state index contributed by atoms with van der Waals surface area (Å²) in [5, 5.41) is 7.07. The van der Waals surface area contributed by atoms with E-state index in [0.29, 0.717) is 24.2 Å². The number of likely N-dealkylation sites (tertiary alicyclic amines) is 1. The molecule has 2 aromatic heterocycles. The molecule has 8 nitrogen and oxygen atoms in total. The van der Waals surface area contributed by atoms with Crippen LogP contribution in [0, 0.1) is 0 Å². The number of fused-ring (bicyclic) bond motifs is 1. The van der Waals surface area contributed by atoms with Gasteiger partial charge in [0, 0.05) is 31.0 Å². The van der Waals surface area contributed by atoms with Gasteiger partial charge in [-0.3, -0.25) is 14.5 Å². The van der Waals surface area contributed by atoms with Crippen molar-refractivity contribution < 1.29 is 14.3 Å². The van der Waals surface area contributed by atoms with E-state index in [9.17, 15) is 9.59 Å². The van der Waals surface area contributed by atoms with E-state index < -0.39 is 0 Å². The summed E-state index contributed by atoms with van der Waals surface area (Å²) < 4.78 is 6.30. The number of rotatable bonds is 5. The van der Waals surface area contributed by atoms with Crippen molar-refractivity contribution in [2.24, 2.45) is 0 Å². The lowest BCUT2D eigenvalue weighted by Gasteiger charge is -2.25. The molecule has 3 heterocycles. The van der Waals surface area contributed by atoms with E-state index in [-0.39, 0.29) is 24.0 Å². The van der Waals surface area contributed by atoms with Crippen LogP contribution < -0.4 is 5.32 Å². The molecule has 1 saturated heterocycles. The first-order valence-electron chi connectivity index (χ1n) is 7.95. The molecule has 1 aliphatic heterocycles. The highest BCUT2D eigenvalue weighted by Gasteiger charge is 2.32. The molecular formula is C16H21N5O3. The Bertz CT molecular complexity index is 744. The normalized spacial score (nSPS) is 21.1. The minimum atomic E-state index is -0.200. The third-order valence-corrected chi connectivity index (χ3v) is 4.64. The van der Waals surface area contributed by atoms with Crippen LogP contribution in [0.25, 0.3) is 5.65 Å². The predicted molar refractivity (Wildman–Crippen MR) is 86.5 cm³/mol. The fourth-order valence-corrected chi connectivity index (χ4v) is 3.15. The minimum Gasteiger partial charge on any atom is -0.469 e. The topological polar surface area (TPSA) is 88.8 Å². The van der Waals surface area contributed by atoms with Crippen molar-refractivity contribution in [2.75, 3.05) is 20.7 Å². The van der Waals surface area contributed by atoms with Crippen molar-refractivity contribution in [1.29, 1.82) is 0 Å². The van der Waals surface area contributed by atoms with Crippen LogP contribution in [0.5, 0.6) is 0 Å². The Morgan fingerprint density at radius 2 is 2.17 bits per heavy atom. The minimum absolute atomic E-state index is 0.165. The average molecular weight is 331 g/mol. The highest BCUT2D eigenvalue weighted by atomic mass is 16.5. The standard InChI is InChI=1S/C16H21N5O3/c1-20-11(8-14(22)24-2)4-5-12(20)9-18-16(23)13-10-19-21-7-3-6-17-15(13)21/h3,6-7,10-12H,4-5,8-9H2,1-2H3,(H,18,23)/t11-,12+/m1/s1. The molecular weight excluding hydrogens is 310 g/mol. The molecule has 3 rings (SSSR count). The van der Waals surface area contributed by atoms with Gasteiger partial charge < -0.3 is 10.1 Å². The molecule has 0 aromatic carbocycles. The summed E-state index contributed by atoms with van der Waals surface area (Å²) in [6.07, 6.45) is 7.15. The third kappa shape index (κ3) is 3.23. The molecule has 0 aliphatic carbocycles. The molecule has 0 bridgehead atoms. The van der Waals surface area contributed by atoms with Crippen molar-refractivity contribution in [3.8, 4) is 0 Å². The fourth-order valence-electron chi connectivity index (χ4n) is 3.15. The van der Waals surface area contributed by atoms with E-state index in [1.807, 2.05) is 7.05 Å². The second-order valence-electron chi connectivity index (χ2n) is 5.99. The van der Waals surface area contributed by atoms with E-state index in [1.54, 1.807) is 23.0 Å². The lowest BCUT2D eigenvalue weighted by molar-refractivity contribution is -0.141. The van der Waals surface area contributed by atoms with Gasteiger partial charge in [-0.2, -0.15) is 5.10 Å². The molecule has 1 N–H and O–H groups in total. The molecule has 24 heavy (non-hydrogen) atoms. The first kappa shape index (κ1) is 16.4. The maximum Gasteiger partial charge on any atom is 0.307 e. The summed E-state index contributed by atoms with van der Waals surface area (Å²) in [7, 11) is 3.38. The van der Waals surface area contributed by atoms with Gasteiger partial charge in [-0.1, -0.05) is 0 Å². The molecule has 0 saturated carbocycles. The summed E-state index contributed by atoms with van der Waals surface area (Å²) in [6, 6.07) is 2.13. The van der Waals surface area contributed by atoms with Crippen molar-refractivity contribution in [3.05, 3.63) is 30.2 Å². The van der Waals surface area contributed by atoms with Crippen LogP contribution >= 0.6 is 0 Å². The number of amides is 1. The maximum absolute atomic E-state index is 12.4. The van der Waals surface area contributed by atoms with Crippen molar-refractivity contribution >= 4 is 17.5 Å². The third-order valence-electron chi connectivity index (χ3n) is 4.64. The zero-order valence-electron chi connectivity index (χ0n) is 13.8. The summed E-state index contributed by atoms with van der Waals surface area (Å²) in [5.41, 5.74) is 1.00. The van der Waals surface area contributed by atoms with Gasteiger partial charge in [0.1, 0.15) is 5.56 Å². The first-order valence-corrected chi connectivity index (χ1v) is 7.95. The quantitative estimate of drug-likeness (QED) is 0.802. The monoisotopic (exact) mass is 331 g/mol. The van der Waals surface area contributed by atoms with Crippen LogP contribution in [0.4, 0.5) is 0 Å². The number of hydrogen-bond acceptors (Lipinski definition) is 6. The van der Waals surface area contributed by atoms with Crippen LogP contribution in [-0.4, -0.2) is 64.2 Å². The van der Waals surface area contributed by atoms with Crippen LogP contribution in [-0.2, 0) is 9.53 Å². The second-order valence-corrected chi connectivity index (χ2v) is 5.99. The molecule has 1 amide bonds. The molecule has 8 heteroatoms. The van der Waals surface area contributed by atoms with E-state index in [1.165, 1.54) is 13.3 Å². The number of hydrogen-bond donors (Lipinski definition) is 1. The number of methoxy groups -OCH3 is 1. The van der Waals surface area contributed by atoms with Gasteiger partial charge >= 0.3 is 5.97 Å². The Hall–Kier alpha value is -2.48. The van der Waals surface area contributed by atoms with Crippen LogP contribution in [0.3, 0.4) is 0 Å². The molecule has 128 valence electrons. The number of nitrogens with zero attached hydrogens (tertiary/aromatic N) is 4. The lowest BCUT2D eigenvalue weighted by atomic mass is 10.1. The molecule has 0 radical (unpaired) electrons. The highest BCUT2D eigenvalue weighted by Crippen LogP contribution is 2.24. The van der Waals surface area contributed by atoms with Crippen molar-refractivity contribution in [3.63, 3.8) is 0 Å². The number of esters is 1. The molecule has 2 atom stereocenters. The molecule has 0 spiro atoms. The smallest absolute Gasteiger partial charge is 0.307 e. The second kappa shape index (κ2) is 6.96. The van der Waals surface area contributed by atoms with Gasteiger partial charge in [-0.25, -0.2) is 9.50 Å². The highest BCUT2D eigenvalue weighted by molar-refractivity contribution is 5.99. The summed E-state index contributed by atoms with van der Waals surface area (Å²) in [5.74, 6) is -0.387. The Labute approximate surface area is 139 Å². The number of aromatic nitrogens is 3. The largest absolute Gasteiger partial charge is 0.469 e. The summed E-state index contributed by atoms with van der Waals surface area (Å²) >= 11 is 0. The number of carbonyl (C=O) groups is 2. The van der Waals surface area contributed by atoms with E-state index in [4.69, 9.17) is 4.74 Å². The number of likely N-dealkylation sites (N-methyl/N-ethyl adjacent to an activating group) is 1. The molecule has 1 fully saturated rings. The average Bonchev–Trinajstić information content (AvgIpc) is 3.17. The van der Waals surface area contributed by atoms with E-state index in [2.05, 4.69) is 20.3 Å². The predicted octanol–water partition coefficient (Wildman–Crippen LogP) is 0.485. The fraction of sp³-hybridized carbons (Fsp3) is 0.500. The maximum atomic E-state index is 12.4. The molecule has 1 aliphatic rings. The van der Waals surface area contributed by atoms with Crippen molar-refractivity contribution in [1.82, 2.24) is 24.8 Å². The van der Waals surface area contributed by atoms with E-state index >= 15 is 0 Å². The zero-order valence-corrected chi connectivity index (χ0v) is 13.8. The summed E-state index contributed by atoms with van der Waals surface area (Å²) in [6.45, 7) is 0.525. The summed E-state index contributed by atoms with van der Waals surface area (Å²) in [4.78, 5) is 30.2. The van der Waals surface area contributed by atoms with Crippen LogP contribution in [0.1, 0.15) is 29.6 Å². The van der Waals surface area contributed by atoms with Crippen LogP contribution in [0.15, 0.2) is 24.7 Å². The van der Waals surface area contributed by atoms with Crippen molar-refractivity contribution in [2.45, 2.75) is 31.3 Å².